The van der Waals surface area contributed by atoms with Gasteiger partial charge in [0.25, 0.3) is 5.56 Å². The van der Waals surface area contributed by atoms with Gasteiger partial charge in [-0.25, -0.2) is 0 Å². The van der Waals surface area contributed by atoms with E-state index in [0.29, 0.717) is 21.9 Å². The van der Waals surface area contributed by atoms with Crippen LogP contribution >= 0.6 is 11.3 Å². The molecule has 0 aliphatic heterocycles. The molecule has 0 saturated carbocycles. The number of thiazole rings is 1. The second-order valence-corrected chi connectivity index (χ2v) is 7.61. The molecule has 0 aliphatic rings. The molecule has 0 aliphatic carbocycles. The van der Waals surface area contributed by atoms with E-state index in [0.717, 1.165) is 29.0 Å². The van der Waals surface area contributed by atoms with Gasteiger partial charge in [0, 0.05) is 0 Å². The SMILES string of the molecule is CCCOc1ccc(C=c2sc3nc(C=Cc4ccc(OC)cc4)nn3c2=O)cc1. The van der Waals surface area contributed by atoms with Gasteiger partial charge in [0.05, 0.1) is 18.2 Å². The summed E-state index contributed by atoms with van der Waals surface area (Å²) in [6.07, 6.45) is 6.50. The van der Waals surface area contributed by atoms with Crippen LogP contribution in [0, 0.1) is 0 Å². The van der Waals surface area contributed by atoms with E-state index in [1.165, 1.54) is 15.9 Å². The highest BCUT2D eigenvalue weighted by atomic mass is 32.1. The van der Waals surface area contributed by atoms with E-state index < -0.39 is 0 Å². The Morgan fingerprint density at radius 3 is 2.37 bits per heavy atom. The van der Waals surface area contributed by atoms with Gasteiger partial charge in [0.15, 0.2) is 5.82 Å². The number of methoxy groups -OCH3 is 1. The largest absolute Gasteiger partial charge is 0.497 e. The van der Waals surface area contributed by atoms with Crippen LogP contribution in [0.3, 0.4) is 0 Å². The summed E-state index contributed by atoms with van der Waals surface area (Å²) < 4.78 is 12.7. The van der Waals surface area contributed by atoms with Crippen LogP contribution < -0.4 is 19.6 Å². The number of fused-ring (bicyclic) bond motifs is 1. The highest BCUT2D eigenvalue weighted by molar-refractivity contribution is 7.15. The Balaban J connectivity index is 1.55. The van der Waals surface area contributed by atoms with E-state index in [9.17, 15) is 4.79 Å². The maximum Gasteiger partial charge on any atom is 0.291 e. The summed E-state index contributed by atoms with van der Waals surface area (Å²) in [7, 11) is 1.63. The number of rotatable bonds is 7. The van der Waals surface area contributed by atoms with Gasteiger partial charge in [-0.05, 0) is 54.0 Å². The summed E-state index contributed by atoms with van der Waals surface area (Å²) in [5, 5.41) is 4.32. The molecule has 2 aromatic heterocycles. The number of aromatic nitrogens is 3. The second kappa shape index (κ2) is 8.92. The standard InChI is InChI=1S/C23H21N3O3S/c1-3-14-29-19-11-6-17(7-12-19)15-20-22(27)26-23(30-20)24-21(25-26)13-8-16-4-9-18(28-2)10-5-16/h4-13,15H,3,14H2,1-2H3. The summed E-state index contributed by atoms with van der Waals surface area (Å²) in [6.45, 7) is 2.76. The molecule has 4 aromatic rings. The molecule has 0 fully saturated rings. The van der Waals surface area contributed by atoms with Crippen LogP contribution in [0.5, 0.6) is 11.5 Å². The van der Waals surface area contributed by atoms with Crippen molar-refractivity contribution in [2.75, 3.05) is 13.7 Å². The third kappa shape index (κ3) is 4.41. The third-order valence-electron chi connectivity index (χ3n) is 4.39. The van der Waals surface area contributed by atoms with E-state index in [1.807, 2.05) is 60.7 Å². The summed E-state index contributed by atoms with van der Waals surface area (Å²) in [6, 6.07) is 15.3. The van der Waals surface area contributed by atoms with Crippen LogP contribution in [0.4, 0.5) is 0 Å². The molecule has 30 heavy (non-hydrogen) atoms. The molecule has 6 nitrogen and oxygen atoms in total. The quantitative estimate of drug-likeness (QED) is 0.457. The van der Waals surface area contributed by atoms with Crippen molar-refractivity contribution in [3.05, 3.63) is 80.4 Å². The van der Waals surface area contributed by atoms with Crippen LogP contribution in [0.15, 0.2) is 53.3 Å². The fourth-order valence-corrected chi connectivity index (χ4v) is 3.75. The highest BCUT2D eigenvalue weighted by Gasteiger charge is 2.09. The number of benzene rings is 2. The number of hydrogen-bond acceptors (Lipinski definition) is 6. The first-order chi connectivity index (χ1) is 14.7. The Hall–Kier alpha value is -3.45. The van der Waals surface area contributed by atoms with Gasteiger partial charge in [-0.2, -0.15) is 9.50 Å². The summed E-state index contributed by atoms with van der Waals surface area (Å²) in [4.78, 5) is 17.7. The molecule has 152 valence electrons. The Labute approximate surface area is 177 Å². The molecule has 0 saturated heterocycles. The van der Waals surface area contributed by atoms with Gasteiger partial charge >= 0.3 is 0 Å². The molecule has 0 radical (unpaired) electrons. The molecular formula is C23H21N3O3S. The summed E-state index contributed by atoms with van der Waals surface area (Å²) >= 11 is 1.32. The smallest absolute Gasteiger partial charge is 0.291 e. The van der Waals surface area contributed by atoms with Crippen LogP contribution in [0.1, 0.15) is 30.3 Å². The van der Waals surface area contributed by atoms with Gasteiger partial charge in [-0.15, -0.1) is 5.10 Å². The molecule has 0 spiro atoms. The van der Waals surface area contributed by atoms with Gasteiger partial charge in [0.1, 0.15) is 11.5 Å². The fourth-order valence-electron chi connectivity index (χ4n) is 2.84. The number of ether oxygens (including phenoxy) is 2. The highest BCUT2D eigenvalue weighted by Crippen LogP contribution is 2.15. The van der Waals surface area contributed by atoms with E-state index in [2.05, 4.69) is 17.0 Å². The topological polar surface area (TPSA) is 65.7 Å². The maximum atomic E-state index is 12.7. The zero-order valence-electron chi connectivity index (χ0n) is 16.7. The minimum Gasteiger partial charge on any atom is -0.497 e. The van der Waals surface area contributed by atoms with Crippen LogP contribution in [-0.4, -0.2) is 28.3 Å². The zero-order chi connectivity index (χ0) is 20.9. The first-order valence-electron chi connectivity index (χ1n) is 9.62. The Morgan fingerprint density at radius 1 is 1.00 bits per heavy atom. The van der Waals surface area contributed by atoms with Crippen molar-refractivity contribution < 1.29 is 9.47 Å². The first kappa shape index (κ1) is 19.8. The lowest BCUT2D eigenvalue weighted by Gasteiger charge is -2.03. The zero-order valence-corrected chi connectivity index (χ0v) is 17.6. The van der Waals surface area contributed by atoms with E-state index >= 15 is 0 Å². The van der Waals surface area contributed by atoms with Crippen LogP contribution in [-0.2, 0) is 0 Å². The van der Waals surface area contributed by atoms with Crippen LogP contribution in [0.25, 0.3) is 23.2 Å². The molecule has 0 N–H and O–H groups in total. The van der Waals surface area contributed by atoms with Crippen molar-refractivity contribution in [2.24, 2.45) is 0 Å². The Morgan fingerprint density at radius 2 is 1.70 bits per heavy atom. The van der Waals surface area contributed by atoms with Gasteiger partial charge in [-0.1, -0.05) is 48.6 Å². The van der Waals surface area contributed by atoms with Crippen molar-refractivity contribution in [1.82, 2.24) is 14.6 Å². The maximum absolute atomic E-state index is 12.7. The Bertz CT molecular complexity index is 1270. The lowest BCUT2D eigenvalue weighted by molar-refractivity contribution is 0.317. The van der Waals surface area contributed by atoms with E-state index in [4.69, 9.17) is 9.47 Å². The summed E-state index contributed by atoms with van der Waals surface area (Å²) in [5.41, 5.74) is 1.76. The number of nitrogens with zero attached hydrogens (tertiary/aromatic N) is 3. The van der Waals surface area contributed by atoms with E-state index in [1.54, 1.807) is 13.2 Å². The predicted molar refractivity (Wildman–Crippen MR) is 120 cm³/mol. The second-order valence-electron chi connectivity index (χ2n) is 6.60. The fraction of sp³-hybridized carbons (Fsp3) is 0.174. The molecular weight excluding hydrogens is 398 g/mol. The van der Waals surface area contributed by atoms with Gasteiger partial charge in [-0.3, -0.25) is 4.79 Å². The van der Waals surface area contributed by atoms with Crippen molar-refractivity contribution in [1.29, 1.82) is 0 Å². The minimum atomic E-state index is -0.169. The normalized spacial score (nSPS) is 12.1. The van der Waals surface area contributed by atoms with Gasteiger partial charge in [0.2, 0.25) is 4.96 Å². The molecule has 0 atom stereocenters. The molecule has 0 bridgehead atoms. The molecule has 2 aromatic carbocycles. The van der Waals surface area contributed by atoms with Crippen molar-refractivity contribution >= 4 is 34.5 Å². The average Bonchev–Trinajstić information content (AvgIpc) is 3.31. The Kier molecular flexibility index (Phi) is 5.90. The predicted octanol–water partition coefficient (Wildman–Crippen LogP) is 3.67. The van der Waals surface area contributed by atoms with Crippen molar-refractivity contribution in [2.45, 2.75) is 13.3 Å². The summed E-state index contributed by atoms with van der Waals surface area (Å²) in [5.74, 6) is 2.13. The van der Waals surface area contributed by atoms with Crippen molar-refractivity contribution in [3.63, 3.8) is 0 Å². The minimum absolute atomic E-state index is 0.169. The third-order valence-corrected chi connectivity index (χ3v) is 5.35. The molecule has 0 unspecified atom stereocenters. The molecule has 2 heterocycles. The molecule has 0 amide bonds. The van der Waals surface area contributed by atoms with Gasteiger partial charge < -0.3 is 9.47 Å². The average molecular weight is 420 g/mol. The first-order valence-corrected chi connectivity index (χ1v) is 10.4. The van der Waals surface area contributed by atoms with Crippen LogP contribution in [0.2, 0.25) is 0 Å². The number of hydrogen-bond donors (Lipinski definition) is 0. The molecule has 7 heteroatoms. The van der Waals surface area contributed by atoms with E-state index in [-0.39, 0.29) is 5.56 Å². The van der Waals surface area contributed by atoms with Crippen molar-refractivity contribution in [3.8, 4) is 11.5 Å². The lowest BCUT2D eigenvalue weighted by Crippen LogP contribution is -2.23. The lowest BCUT2D eigenvalue weighted by atomic mass is 10.2. The molecule has 4 rings (SSSR count). The monoisotopic (exact) mass is 419 g/mol.